The van der Waals surface area contributed by atoms with Crippen molar-refractivity contribution in [1.29, 1.82) is 0 Å². The molecule has 0 aromatic heterocycles. The van der Waals surface area contributed by atoms with Crippen LogP contribution in [0, 0.1) is 0 Å². The van der Waals surface area contributed by atoms with Gasteiger partial charge in [-0.1, -0.05) is 0 Å². The molecule has 1 heterocycles. The van der Waals surface area contributed by atoms with E-state index in [1.165, 1.54) is 13.8 Å². The minimum Gasteiger partial charge on any atom is -0.463 e. The maximum atomic E-state index is 11.8. The lowest BCUT2D eigenvalue weighted by Crippen LogP contribution is -2.46. The van der Waals surface area contributed by atoms with Crippen molar-refractivity contribution in [3.05, 3.63) is 0 Å². The zero-order valence-corrected chi connectivity index (χ0v) is 21.2. The third-order valence-corrected chi connectivity index (χ3v) is 3.82. The molecule has 35 heavy (non-hydrogen) atoms. The van der Waals surface area contributed by atoms with Crippen LogP contribution in [0.2, 0.25) is 0 Å². The van der Waals surface area contributed by atoms with Crippen LogP contribution in [0.5, 0.6) is 0 Å². The average molecular weight is 508 g/mol. The third kappa shape index (κ3) is 14.2. The molecule has 0 bridgehead atoms. The number of hydrogen-bond donors (Lipinski definition) is 2. The molecule has 0 aliphatic carbocycles. The molecule has 2 amide bonds. The molecule has 1 rings (SSSR count). The predicted molar refractivity (Wildman–Crippen MR) is 121 cm³/mol. The van der Waals surface area contributed by atoms with Crippen molar-refractivity contribution in [2.45, 2.75) is 79.5 Å². The Bertz CT molecular complexity index is 698. The predicted octanol–water partition coefficient (Wildman–Crippen LogP) is 0.604. The number of ether oxygens (including phenoxy) is 7. The highest BCUT2D eigenvalue weighted by Crippen LogP contribution is 2.26. The van der Waals surface area contributed by atoms with Gasteiger partial charge in [0.25, 0.3) is 6.48 Å². The largest absolute Gasteiger partial charge is 0.463 e. The number of carbonyl (C=O) groups excluding carboxylic acids is 4. The van der Waals surface area contributed by atoms with Gasteiger partial charge in [0.05, 0.1) is 0 Å². The van der Waals surface area contributed by atoms with Crippen LogP contribution in [0.1, 0.15) is 48.5 Å². The first kappa shape index (κ1) is 32.2. The lowest BCUT2D eigenvalue weighted by Gasteiger charge is -2.23. The Morgan fingerprint density at radius 1 is 0.857 bits per heavy atom. The van der Waals surface area contributed by atoms with Crippen molar-refractivity contribution < 1.29 is 52.3 Å². The van der Waals surface area contributed by atoms with Crippen LogP contribution < -0.4 is 11.1 Å². The van der Waals surface area contributed by atoms with E-state index in [2.05, 4.69) is 10.3 Å². The number of amides is 2. The highest BCUT2D eigenvalue weighted by molar-refractivity contribution is 5.91. The Hall–Kier alpha value is -2.81. The van der Waals surface area contributed by atoms with E-state index in [0.29, 0.717) is 19.8 Å². The van der Waals surface area contributed by atoms with Crippen LogP contribution in [0.15, 0.2) is 4.99 Å². The fraction of sp³-hybridized carbons (Fsp3) is 0.762. The standard InChI is InChI=1S/C14H21N3O8.C7H16O3/c1-6(15)16-14(21)17-13-12(24-9(4)20)11(23-8(3)19)10(25-13)5-22-7(2)18;1-4-8-7(9-5-2)10-6-3/h10-13H,5H2,1-4H3,(H3,15,16,17,21);7H,4-6H2,1-3H3/t10-,11+,12?,13-;/m1./s1. The van der Waals surface area contributed by atoms with E-state index in [0.717, 1.165) is 13.8 Å². The Morgan fingerprint density at radius 3 is 1.74 bits per heavy atom. The van der Waals surface area contributed by atoms with E-state index in [1.807, 2.05) is 20.8 Å². The van der Waals surface area contributed by atoms with Crippen molar-refractivity contribution in [3.63, 3.8) is 0 Å². The van der Waals surface area contributed by atoms with E-state index in [-0.39, 0.29) is 12.4 Å². The van der Waals surface area contributed by atoms with Crippen molar-refractivity contribution >= 4 is 29.8 Å². The number of amidine groups is 1. The lowest BCUT2D eigenvalue weighted by atomic mass is 10.1. The summed E-state index contributed by atoms with van der Waals surface area (Å²) in [7, 11) is 0. The molecule has 14 nitrogen and oxygen atoms in total. The molecule has 1 aliphatic rings. The third-order valence-electron chi connectivity index (χ3n) is 3.82. The van der Waals surface area contributed by atoms with Crippen molar-refractivity contribution in [1.82, 2.24) is 5.32 Å². The van der Waals surface area contributed by atoms with Crippen molar-refractivity contribution in [3.8, 4) is 0 Å². The molecule has 14 heteroatoms. The van der Waals surface area contributed by atoms with Crippen LogP contribution >= 0.6 is 0 Å². The first-order valence-corrected chi connectivity index (χ1v) is 11.0. The maximum absolute atomic E-state index is 11.8. The molecule has 0 aromatic carbocycles. The van der Waals surface area contributed by atoms with Gasteiger partial charge in [-0.25, -0.2) is 4.79 Å². The Morgan fingerprint density at radius 2 is 1.34 bits per heavy atom. The second-order valence-electron chi connectivity index (χ2n) is 6.90. The number of carbonyl (C=O) groups is 4. The average Bonchev–Trinajstić information content (AvgIpc) is 3.02. The maximum Gasteiger partial charge on any atom is 0.344 e. The van der Waals surface area contributed by atoms with Crippen LogP contribution in [-0.2, 0) is 47.5 Å². The lowest BCUT2D eigenvalue weighted by molar-refractivity contribution is -0.282. The summed E-state index contributed by atoms with van der Waals surface area (Å²) in [5, 5.41) is 2.35. The van der Waals surface area contributed by atoms with Gasteiger partial charge in [-0.3, -0.25) is 14.4 Å². The van der Waals surface area contributed by atoms with Crippen LogP contribution in [0.4, 0.5) is 4.79 Å². The van der Waals surface area contributed by atoms with E-state index >= 15 is 0 Å². The van der Waals surface area contributed by atoms with E-state index in [1.54, 1.807) is 0 Å². The highest BCUT2D eigenvalue weighted by Gasteiger charge is 2.50. The van der Waals surface area contributed by atoms with Crippen molar-refractivity contribution in [2.24, 2.45) is 10.7 Å². The fourth-order valence-corrected chi connectivity index (χ4v) is 2.70. The zero-order chi connectivity index (χ0) is 27.0. The van der Waals surface area contributed by atoms with Crippen LogP contribution in [0.3, 0.4) is 0 Å². The summed E-state index contributed by atoms with van der Waals surface area (Å²) in [6, 6.07) is -0.836. The van der Waals surface area contributed by atoms with Gasteiger partial charge in [0, 0.05) is 40.6 Å². The first-order chi connectivity index (χ1) is 16.4. The summed E-state index contributed by atoms with van der Waals surface area (Å²) in [4.78, 5) is 48.9. The Kier molecular flexibility index (Phi) is 16.2. The number of aliphatic imine (C=N–C) groups is 1. The summed E-state index contributed by atoms with van der Waals surface area (Å²) in [6.07, 6.45) is -4.37. The number of urea groups is 1. The molecular formula is C21H37N3O11. The van der Waals surface area contributed by atoms with Gasteiger partial charge >= 0.3 is 23.9 Å². The number of rotatable bonds is 11. The molecular weight excluding hydrogens is 470 g/mol. The summed E-state index contributed by atoms with van der Waals surface area (Å²) >= 11 is 0. The summed E-state index contributed by atoms with van der Waals surface area (Å²) in [6.45, 7) is 11.7. The monoisotopic (exact) mass is 507 g/mol. The number of hydrogen-bond acceptors (Lipinski definition) is 11. The molecule has 0 radical (unpaired) electrons. The molecule has 202 valence electrons. The quantitative estimate of drug-likeness (QED) is 0.131. The second-order valence-corrected chi connectivity index (χ2v) is 6.90. The van der Waals surface area contributed by atoms with E-state index < -0.39 is 55.0 Å². The van der Waals surface area contributed by atoms with Crippen LogP contribution in [-0.4, -0.2) is 87.2 Å². The van der Waals surface area contributed by atoms with Crippen LogP contribution in [0.25, 0.3) is 0 Å². The smallest absolute Gasteiger partial charge is 0.344 e. The number of nitrogens with two attached hydrogens (primary N) is 1. The molecule has 0 saturated carbocycles. The van der Waals surface area contributed by atoms with Gasteiger partial charge in [-0.2, -0.15) is 4.99 Å². The summed E-state index contributed by atoms with van der Waals surface area (Å²) in [5.74, 6) is -1.92. The number of nitrogens with one attached hydrogen (secondary N) is 1. The second kappa shape index (κ2) is 17.6. The first-order valence-electron chi connectivity index (χ1n) is 11.0. The van der Waals surface area contributed by atoms with Gasteiger partial charge in [0.1, 0.15) is 18.5 Å². The number of nitrogens with zero attached hydrogens (tertiary/aromatic N) is 1. The Labute approximate surface area is 204 Å². The molecule has 1 unspecified atom stereocenters. The van der Waals surface area contributed by atoms with Gasteiger partial charge < -0.3 is 44.2 Å². The molecule has 0 aromatic rings. The fourth-order valence-electron chi connectivity index (χ4n) is 2.70. The number of esters is 3. The molecule has 3 N–H and O–H groups in total. The summed E-state index contributed by atoms with van der Waals surface area (Å²) < 4.78 is 35.8. The van der Waals surface area contributed by atoms with Gasteiger partial charge in [-0.05, 0) is 27.7 Å². The molecule has 4 atom stereocenters. The normalized spacial score (nSPS) is 21.5. The minimum absolute atomic E-state index is 0.00697. The van der Waals surface area contributed by atoms with Gasteiger partial charge in [-0.15, -0.1) is 0 Å². The zero-order valence-electron chi connectivity index (χ0n) is 21.2. The minimum atomic E-state index is -1.18. The molecule has 1 fully saturated rings. The van der Waals surface area contributed by atoms with E-state index in [9.17, 15) is 19.2 Å². The Balaban J connectivity index is 0.000000972. The SMILES string of the molecule is CC(=O)OC[C@H]1O[C@@H](NC(=O)N=C(C)N)C(OC(C)=O)[C@H]1OC(C)=O.CCOC(OCC)OCC. The molecule has 1 saturated heterocycles. The van der Waals surface area contributed by atoms with E-state index in [4.69, 9.17) is 38.9 Å². The van der Waals surface area contributed by atoms with Crippen molar-refractivity contribution in [2.75, 3.05) is 26.4 Å². The van der Waals surface area contributed by atoms with Gasteiger partial charge in [0.15, 0.2) is 18.4 Å². The molecule has 1 aliphatic heterocycles. The topological polar surface area (TPSA) is 183 Å². The highest BCUT2D eigenvalue weighted by atomic mass is 16.8. The molecule has 0 spiro atoms. The summed E-state index contributed by atoms with van der Waals surface area (Å²) in [5.41, 5.74) is 5.32. The van der Waals surface area contributed by atoms with Gasteiger partial charge in [0.2, 0.25) is 0 Å².